The third kappa shape index (κ3) is 4.40. The van der Waals surface area contributed by atoms with E-state index in [2.05, 4.69) is 17.1 Å². The van der Waals surface area contributed by atoms with Crippen LogP contribution in [0.25, 0.3) is 0 Å². The molecule has 1 aromatic carbocycles. The molecule has 1 heterocycles. The number of hydrogen-bond acceptors (Lipinski definition) is 3. The zero-order chi connectivity index (χ0) is 17.8. The number of rotatable bonds is 5. The molecule has 0 spiro atoms. The summed E-state index contributed by atoms with van der Waals surface area (Å²) >= 11 is 0. The lowest BCUT2D eigenvalue weighted by atomic mass is 9.87. The fourth-order valence-corrected chi connectivity index (χ4v) is 3.95. The third-order valence-corrected chi connectivity index (χ3v) is 5.54. The van der Waals surface area contributed by atoms with E-state index in [0.717, 1.165) is 30.3 Å². The largest absolute Gasteiger partial charge is 0.323 e. The SMILES string of the molecule is CC1CCC(N(C)CC(=O)Nc2ccccc2N2CCCC2=O)CC1. The van der Waals surface area contributed by atoms with Crippen LogP contribution in [0.5, 0.6) is 0 Å². The van der Waals surface area contributed by atoms with Gasteiger partial charge in [-0.2, -0.15) is 0 Å². The number of nitrogens with one attached hydrogen (secondary N) is 1. The van der Waals surface area contributed by atoms with E-state index in [1.807, 2.05) is 31.3 Å². The molecule has 3 rings (SSSR count). The average Bonchev–Trinajstić information content (AvgIpc) is 3.01. The van der Waals surface area contributed by atoms with Crippen LogP contribution in [0.4, 0.5) is 11.4 Å². The Bertz CT molecular complexity index is 623. The van der Waals surface area contributed by atoms with E-state index < -0.39 is 0 Å². The molecule has 0 aromatic heterocycles. The van der Waals surface area contributed by atoms with Crippen LogP contribution >= 0.6 is 0 Å². The fraction of sp³-hybridized carbons (Fsp3) is 0.600. The molecular formula is C20H29N3O2. The molecule has 25 heavy (non-hydrogen) atoms. The Kier molecular flexibility index (Phi) is 5.74. The summed E-state index contributed by atoms with van der Waals surface area (Å²) in [5.41, 5.74) is 1.54. The van der Waals surface area contributed by atoms with Gasteiger partial charge in [0.15, 0.2) is 0 Å². The summed E-state index contributed by atoms with van der Waals surface area (Å²) in [6, 6.07) is 8.08. The molecule has 2 fully saturated rings. The molecule has 1 saturated heterocycles. The number of carbonyl (C=O) groups is 2. The molecule has 0 radical (unpaired) electrons. The quantitative estimate of drug-likeness (QED) is 0.893. The lowest BCUT2D eigenvalue weighted by molar-refractivity contribution is -0.118. The number of likely N-dealkylation sites (N-methyl/N-ethyl adjacent to an activating group) is 1. The second kappa shape index (κ2) is 8.00. The van der Waals surface area contributed by atoms with Crippen molar-refractivity contribution in [3.05, 3.63) is 24.3 Å². The van der Waals surface area contributed by atoms with Crippen LogP contribution in [0.3, 0.4) is 0 Å². The highest BCUT2D eigenvalue weighted by Gasteiger charge is 2.25. The molecule has 136 valence electrons. The van der Waals surface area contributed by atoms with Crippen molar-refractivity contribution in [3.8, 4) is 0 Å². The van der Waals surface area contributed by atoms with E-state index >= 15 is 0 Å². The maximum atomic E-state index is 12.5. The topological polar surface area (TPSA) is 52.7 Å². The van der Waals surface area contributed by atoms with Crippen LogP contribution in [-0.4, -0.2) is 42.9 Å². The number of benzene rings is 1. The maximum Gasteiger partial charge on any atom is 0.238 e. The van der Waals surface area contributed by atoms with Crippen LogP contribution in [-0.2, 0) is 9.59 Å². The summed E-state index contributed by atoms with van der Waals surface area (Å²) in [7, 11) is 2.04. The van der Waals surface area contributed by atoms with Crippen molar-refractivity contribution in [2.45, 2.75) is 51.5 Å². The summed E-state index contributed by atoms with van der Waals surface area (Å²) in [4.78, 5) is 28.5. The van der Waals surface area contributed by atoms with Crippen molar-refractivity contribution in [2.24, 2.45) is 5.92 Å². The number of amides is 2. The highest BCUT2D eigenvalue weighted by molar-refractivity contribution is 6.02. The zero-order valence-electron chi connectivity index (χ0n) is 15.3. The van der Waals surface area contributed by atoms with Crippen LogP contribution in [0.1, 0.15) is 45.4 Å². The van der Waals surface area contributed by atoms with E-state index in [1.54, 1.807) is 4.90 Å². The van der Waals surface area contributed by atoms with Crippen molar-refractivity contribution in [1.29, 1.82) is 0 Å². The Labute approximate surface area is 150 Å². The molecule has 1 aliphatic heterocycles. The first kappa shape index (κ1) is 17.9. The maximum absolute atomic E-state index is 12.5. The van der Waals surface area contributed by atoms with E-state index in [0.29, 0.717) is 19.0 Å². The van der Waals surface area contributed by atoms with E-state index in [1.165, 1.54) is 25.7 Å². The van der Waals surface area contributed by atoms with Crippen molar-refractivity contribution < 1.29 is 9.59 Å². The molecule has 0 atom stereocenters. The summed E-state index contributed by atoms with van der Waals surface area (Å²) in [5.74, 6) is 0.929. The minimum Gasteiger partial charge on any atom is -0.323 e. The Morgan fingerprint density at radius 2 is 1.96 bits per heavy atom. The Morgan fingerprint density at radius 1 is 1.24 bits per heavy atom. The highest BCUT2D eigenvalue weighted by Crippen LogP contribution is 2.30. The van der Waals surface area contributed by atoms with Gasteiger partial charge in [0, 0.05) is 19.0 Å². The molecule has 0 unspecified atom stereocenters. The Morgan fingerprint density at radius 3 is 2.64 bits per heavy atom. The van der Waals surface area contributed by atoms with Crippen molar-refractivity contribution in [1.82, 2.24) is 4.90 Å². The standard InChI is InChI=1S/C20H29N3O2/c1-15-9-11-16(12-10-15)22(2)14-19(24)21-17-6-3-4-7-18(17)23-13-5-8-20(23)25/h3-4,6-7,15-16H,5,8-14H2,1-2H3,(H,21,24). The first-order valence-corrected chi connectivity index (χ1v) is 9.44. The molecule has 1 aliphatic carbocycles. The zero-order valence-corrected chi connectivity index (χ0v) is 15.3. The molecule has 2 aliphatic rings. The molecule has 0 bridgehead atoms. The number of nitrogens with zero attached hydrogens (tertiary/aromatic N) is 2. The van der Waals surface area contributed by atoms with Gasteiger partial charge in [-0.25, -0.2) is 0 Å². The monoisotopic (exact) mass is 343 g/mol. The van der Waals surface area contributed by atoms with Crippen LogP contribution in [0, 0.1) is 5.92 Å². The summed E-state index contributed by atoms with van der Waals surface area (Å²) in [6.07, 6.45) is 6.30. The number of hydrogen-bond donors (Lipinski definition) is 1. The van der Waals surface area contributed by atoms with Gasteiger partial charge in [0.25, 0.3) is 0 Å². The van der Waals surface area contributed by atoms with E-state index in [9.17, 15) is 9.59 Å². The van der Waals surface area contributed by atoms with Gasteiger partial charge in [-0.15, -0.1) is 0 Å². The summed E-state index contributed by atoms with van der Waals surface area (Å²) in [5, 5.41) is 3.01. The van der Waals surface area contributed by atoms with E-state index in [-0.39, 0.29) is 11.8 Å². The predicted molar refractivity (Wildman–Crippen MR) is 101 cm³/mol. The minimum absolute atomic E-state index is 0.0137. The van der Waals surface area contributed by atoms with Crippen LogP contribution in [0.2, 0.25) is 0 Å². The Hall–Kier alpha value is -1.88. The number of para-hydroxylation sites is 2. The second-order valence-corrected chi connectivity index (χ2v) is 7.54. The average molecular weight is 343 g/mol. The van der Waals surface area contributed by atoms with Gasteiger partial charge in [-0.3, -0.25) is 14.5 Å². The molecule has 5 heteroatoms. The molecule has 1 saturated carbocycles. The molecule has 5 nitrogen and oxygen atoms in total. The molecule has 1 N–H and O–H groups in total. The lowest BCUT2D eigenvalue weighted by Gasteiger charge is -2.33. The normalized spacial score (nSPS) is 24.0. The second-order valence-electron chi connectivity index (χ2n) is 7.54. The molecule has 1 aromatic rings. The van der Waals surface area contributed by atoms with Gasteiger partial charge < -0.3 is 10.2 Å². The number of anilines is 2. The van der Waals surface area contributed by atoms with Crippen molar-refractivity contribution >= 4 is 23.2 Å². The van der Waals surface area contributed by atoms with Crippen LogP contribution < -0.4 is 10.2 Å². The molecule has 2 amide bonds. The van der Waals surface area contributed by atoms with Gasteiger partial charge in [-0.1, -0.05) is 19.1 Å². The summed E-state index contributed by atoms with van der Waals surface area (Å²) in [6.45, 7) is 3.42. The van der Waals surface area contributed by atoms with Crippen molar-refractivity contribution in [2.75, 3.05) is 30.4 Å². The van der Waals surface area contributed by atoms with Crippen LogP contribution in [0.15, 0.2) is 24.3 Å². The first-order chi connectivity index (χ1) is 12.0. The first-order valence-electron chi connectivity index (χ1n) is 9.44. The van der Waals surface area contributed by atoms with Gasteiger partial charge in [0.05, 0.1) is 17.9 Å². The smallest absolute Gasteiger partial charge is 0.238 e. The van der Waals surface area contributed by atoms with Gasteiger partial charge >= 0.3 is 0 Å². The summed E-state index contributed by atoms with van der Waals surface area (Å²) < 4.78 is 0. The Balaban J connectivity index is 1.60. The van der Waals surface area contributed by atoms with Gasteiger partial charge in [0.1, 0.15) is 0 Å². The number of carbonyl (C=O) groups excluding carboxylic acids is 2. The van der Waals surface area contributed by atoms with E-state index in [4.69, 9.17) is 0 Å². The highest BCUT2D eigenvalue weighted by atomic mass is 16.2. The van der Waals surface area contributed by atoms with Gasteiger partial charge in [0.2, 0.25) is 11.8 Å². The minimum atomic E-state index is -0.0137. The van der Waals surface area contributed by atoms with Gasteiger partial charge in [-0.05, 0) is 57.2 Å². The van der Waals surface area contributed by atoms with Crippen molar-refractivity contribution in [3.63, 3.8) is 0 Å². The predicted octanol–water partition coefficient (Wildman–Crippen LogP) is 3.26. The lowest BCUT2D eigenvalue weighted by Crippen LogP contribution is -2.40. The fourth-order valence-electron chi connectivity index (χ4n) is 3.95. The molecular weight excluding hydrogens is 314 g/mol. The third-order valence-electron chi connectivity index (χ3n) is 5.54.